The molecule has 1 N–H and O–H groups in total. The smallest absolute Gasteiger partial charge is 0.193 e. The summed E-state index contributed by atoms with van der Waals surface area (Å²) in [6.07, 6.45) is 2.98. The lowest BCUT2D eigenvalue weighted by atomic mass is 10.1. The van der Waals surface area contributed by atoms with E-state index in [0.29, 0.717) is 0 Å². The Labute approximate surface area is 138 Å². The van der Waals surface area contributed by atoms with E-state index in [2.05, 4.69) is 57.3 Å². The third-order valence-electron chi connectivity index (χ3n) is 3.85. The molecule has 0 saturated heterocycles. The lowest BCUT2D eigenvalue weighted by molar-refractivity contribution is 0.414. The number of guanidine groups is 1. The Kier molecular flexibility index (Phi) is 6.09. The van der Waals surface area contributed by atoms with Crippen LogP contribution in [-0.2, 0) is 20.0 Å². The fourth-order valence-corrected chi connectivity index (χ4v) is 2.51. The van der Waals surface area contributed by atoms with Crippen LogP contribution in [0.2, 0.25) is 0 Å². The standard InChI is InChI=1S/C18H26N4O/c1-19-18(22(3)14-16-8-6-12-21(16)2)20-11-10-15-7-5-9-17(13-15)23-4/h5-9,12-13H,10-11,14H2,1-4H3,(H,19,20). The normalized spacial score (nSPS) is 11.4. The predicted octanol–water partition coefficient (Wildman–Crippen LogP) is 2.28. The zero-order valence-electron chi connectivity index (χ0n) is 14.4. The second-order valence-electron chi connectivity index (χ2n) is 5.54. The summed E-state index contributed by atoms with van der Waals surface area (Å²) in [7, 11) is 7.61. The largest absolute Gasteiger partial charge is 0.497 e. The van der Waals surface area contributed by atoms with Crippen LogP contribution in [0, 0.1) is 0 Å². The summed E-state index contributed by atoms with van der Waals surface area (Å²) < 4.78 is 7.38. The van der Waals surface area contributed by atoms with Crippen molar-refractivity contribution in [3.05, 3.63) is 53.9 Å². The first kappa shape index (κ1) is 16.9. The minimum Gasteiger partial charge on any atom is -0.497 e. The molecule has 2 rings (SSSR count). The van der Waals surface area contributed by atoms with Gasteiger partial charge in [0, 0.05) is 39.6 Å². The fourth-order valence-electron chi connectivity index (χ4n) is 2.51. The van der Waals surface area contributed by atoms with Gasteiger partial charge in [0.15, 0.2) is 5.96 Å². The summed E-state index contributed by atoms with van der Waals surface area (Å²) in [5.41, 5.74) is 2.50. The van der Waals surface area contributed by atoms with Crippen molar-refractivity contribution in [2.45, 2.75) is 13.0 Å². The van der Waals surface area contributed by atoms with Crippen molar-refractivity contribution in [2.75, 3.05) is 27.7 Å². The maximum atomic E-state index is 5.26. The van der Waals surface area contributed by atoms with E-state index in [4.69, 9.17) is 4.74 Å². The van der Waals surface area contributed by atoms with Crippen LogP contribution in [0.1, 0.15) is 11.3 Å². The molecule has 0 aliphatic rings. The molecule has 0 fully saturated rings. The highest BCUT2D eigenvalue weighted by atomic mass is 16.5. The summed E-state index contributed by atoms with van der Waals surface area (Å²) in [5, 5.41) is 3.41. The Morgan fingerprint density at radius 3 is 2.78 bits per heavy atom. The number of hydrogen-bond acceptors (Lipinski definition) is 2. The topological polar surface area (TPSA) is 41.8 Å². The van der Waals surface area contributed by atoms with Gasteiger partial charge in [0.25, 0.3) is 0 Å². The first-order valence-electron chi connectivity index (χ1n) is 7.79. The lowest BCUT2D eigenvalue weighted by Gasteiger charge is -2.22. The average molecular weight is 314 g/mol. The minimum atomic E-state index is 0.822. The number of nitrogens with one attached hydrogen (secondary N) is 1. The highest BCUT2D eigenvalue weighted by molar-refractivity contribution is 5.79. The molecule has 2 aromatic rings. The van der Waals surface area contributed by atoms with Crippen LogP contribution in [0.5, 0.6) is 5.75 Å². The summed E-state index contributed by atoms with van der Waals surface area (Å²) in [6, 6.07) is 12.3. The van der Waals surface area contributed by atoms with E-state index in [1.165, 1.54) is 11.3 Å². The second-order valence-corrected chi connectivity index (χ2v) is 5.54. The Morgan fingerprint density at radius 1 is 1.30 bits per heavy atom. The van der Waals surface area contributed by atoms with Gasteiger partial charge in [-0.15, -0.1) is 0 Å². The summed E-state index contributed by atoms with van der Waals surface area (Å²) in [6.45, 7) is 1.65. The molecule has 0 radical (unpaired) electrons. The number of hydrogen-bond donors (Lipinski definition) is 1. The van der Waals surface area contributed by atoms with Gasteiger partial charge in [-0.1, -0.05) is 12.1 Å². The van der Waals surface area contributed by atoms with E-state index < -0.39 is 0 Å². The molecule has 0 aliphatic heterocycles. The van der Waals surface area contributed by atoms with Crippen LogP contribution in [-0.4, -0.2) is 43.2 Å². The first-order chi connectivity index (χ1) is 11.1. The summed E-state index contributed by atoms with van der Waals surface area (Å²) in [5.74, 6) is 1.79. The molecule has 0 atom stereocenters. The molecule has 0 saturated carbocycles. The van der Waals surface area contributed by atoms with E-state index in [9.17, 15) is 0 Å². The highest BCUT2D eigenvalue weighted by Gasteiger charge is 2.08. The second kappa shape index (κ2) is 8.27. The quantitative estimate of drug-likeness (QED) is 0.657. The SMILES string of the molecule is CN=C(NCCc1cccc(OC)c1)N(C)Cc1cccn1C. The number of rotatable bonds is 6. The van der Waals surface area contributed by atoms with Gasteiger partial charge in [-0.05, 0) is 36.2 Å². The Morgan fingerprint density at radius 2 is 2.13 bits per heavy atom. The van der Waals surface area contributed by atoms with Crippen molar-refractivity contribution in [2.24, 2.45) is 12.0 Å². The van der Waals surface area contributed by atoms with Crippen molar-refractivity contribution >= 4 is 5.96 Å². The van der Waals surface area contributed by atoms with Gasteiger partial charge in [0.2, 0.25) is 0 Å². The van der Waals surface area contributed by atoms with Crippen molar-refractivity contribution in [3.8, 4) is 5.75 Å². The van der Waals surface area contributed by atoms with Gasteiger partial charge in [-0.2, -0.15) is 0 Å². The maximum Gasteiger partial charge on any atom is 0.193 e. The third kappa shape index (κ3) is 4.77. The Bertz CT molecular complexity index is 648. The van der Waals surface area contributed by atoms with Crippen molar-refractivity contribution in [1.82, 2.24) is 14.8 Å². The number of aryl methyl sites for hydroxylation is 1. The van der Waals surface area contributed by atoms with Gasteiger partial charge in [0.1, 0.15) is 5.75 Å². The molecule has 0 aliphatic carbocycles. The van der Waals surface area contributed by atoms with E-state index in [0.717, 1.165) is 31.2 Å². The molecule has 0 unspecified atom stereocenters. The molecular formula is C18H26N4O. The molecule has 1 heterocycles. The van der Waals surface area contributed by atoms with Gasteiger partial charge in [-0.3, -0.25) is 4.99 Å². The summed E-state index contributed by atoms with van der Waals surface area (Å²) >= 11 is 0. The van der Waals surface area contributed by atoms with Gasteiger partial charge >= 0.3 is 0 Å². The van der Waals surface area contributed by atoms with Crippen molar-refractivity contribution in [3.63, 3.8) is 0 Å². The number of benzene rings is 1. The third-order valence-corrected chi connectivity index (χ3v) is 3.85. The number of ether oxygens (including phenoxy) is 1. The van der Waals surface area contributed by atoms with Crippen LogP contribution in [0.15, 0.2) is 47.6 Å². The molecule has 23 heavy (non-hydrogen) atoms. The highest BCUT2D eigenvalue weighted by Crippen LogP contribution is 2.12. The number of nitrogens with zero attached hydrogens (tertiary/aromatic N) is 3. The molecule has 1 aromatic carbocycles. The van der Waals surface area contributed by atoms with E-state index in [1.54, 1.807) is 7.11 Å². The minimum absolute atomic E-state index is 0.822. The van der Waals surface area contributed by atoms with Crippen LogP contribution in [0.25, 0.3) is 0 Å². The lowest BCUT2D eigenvalue weighted by Crippen LogP contribution is -2.39. The zero-order chi connectivity index (χ0) is 16.7. The fraction of sp³-hybridized carbons (Fsp3) is 0.389. The van der Waals surface area contributed by atoms with Crippen LogP contribution >= 0.6 is 0 Å². The van der Waals surface area contributed by atoms with Gasteiger partial charge in [0.05, 0.1) is 13.7 Å². The van der Waals surface area contributed by atoms with Gasteiger partial charge in [-0.25, -0.2) is 0 Å². The van der Waals surface area contributed by atoms with Crippen LogP contribution in [0.4, 0.5) is 0 Å². The Hall–Kier alpha value is -2.43. The van der Waals surface area contributed by atoms with E-state index in [1.807, 2.05) is 26.2 Å². The number of aliphatic imine (C=N–C) groups is 1. The van der Waals surface area contributed by atoms with Crippen molar-refractivity contribution < 1.29 is 4.74 Å². The molecule has 1 aromatic heterocycles. The van der Waals surface area contributed by atoms with Crippen molar-refractivity contribution in [1.29, 1.82) is 0 Å². The molecule has 5 nitrogen and oxygen atoms in total. The monoisotopic (exact) mass is 314 g/mol. The Balaban J connectivity index is 1.86. The van der Waals surface area contributed by atoms with E-state index >= 15 is 0 Å². The van der Waals surface area contributed by atoms with E-state index in [-0.39, 0.29) is 0 Å². The summed E-state index contributed by atoms with van der Waals surface area (Å²) in [4.78, 5) is 6.49. The molecule has 0 bridgehead atoms. The number of methoxy groups -OCH3 is 1. The molecule has 5 heteroatoms. The van der Waals surface area contributed by atoms with Crippen LogP contribution in [0.3, 0.4) is 0 Å². The molecule has 0 amide bonds. The predicted molar refractivity (Wildman–Crippen MR) is 94.9 cm³/mol. The maximum absolute atomic E-state index is 5.26. The van der Waals surface area contributed by atoms with Gasteiger partial charge < -0.3 is 19.5 Å². The number of aromatic nitrogens is 1. The average Bonchev–Trinajstić information content (AvgIpc) is 2.96. The molecule has 124 valence electrons. The van der Waals surface area contributed by atoms with Crippen LogP contribution < -0.4 is 10.1 Å². The zero-order valence-corrected chi connectivity index (χ0v) is 14.4. The molecule has 0 spiro atoms. The first-order valence-corrected chi connectivity index (χ1v) is 7.79. The molecular weight excluding hydrogens is 288 g/mol.